The number of aliphatic imine (C=N–C) groups is 1. The molecule has 0 saturated heterocycles. The number of benzene rings is 3. The number of nitrogens with zero attached hydrogens (tertiary/aromatic N) is 3. The van der Waals surface area contributed by atoms with Crippen LogP contribution in [-0.2, 0) is 9.59 Å². The number of hydrazone groups is 1. The lowest BCUT2D eigenvalue weighted by molar-refractivity contribution is -0.121. The molecule has 9 heteroatoms. The van der Waals surface area contributed by atoms with Gasteiger partial charge in [0.2, 0.25) is 5.91 Å². The SMILES string of the molecule is CCOc1ccc(NC(=O)C[C@H]2SC(N3N=C(c4ccc(Cl)cc4)C[C@H]3c3cccc(C)c3)=NC2=O)cc1. The third kappa shape index (κ3) is 5.92. The van der Waals surface area contributed by atoms with Crippen molar-refractivity contribution < 1.29 is 14.3 Å². The predicted molar refractivity (Wildman–Crippen MR) is 153 cm³/mol. The molecule has 0 radical (unpaired) electrons. The Labute approximate surface area is 230 Å². The van der Waals surface area contributed by atoms with Gasteiger partial charge in [-0.3, -0.25) is 9.59 Å². The Kier molecular flexibility index (Phi) is 7.81. The van der Waals surface area contributed by atoms with Crippen LogP contribution in [0, 0.1) is 6.92 Å². The second-order valence-corrected chi connectivity index (χ2v) is 10.7. The van der Waals surface area contributed by atoms with Crippen LogP contribution in [-0.4, -0.2) is 39.6 Å². The van der Waals surface area contributed by atoms with Crippen molar-refractivity contribution in [3.05, 3.63) is 94.5 Å². The summed E-state index contributed by atoms with van der Waals surface area (Å²) in [5.41, 5.74) is 4.73. The maximum absolute atomic E-state index is 12.8. The third-order valence-corrected chi connectivity index (χ3v) is 7.65. The number of hydrogen-bond donors (Lipinski definition) is 1. The fraction of sp³-hybridized carbons (Fsp3) is 0.241. The zero-order chi connectivity index (χ0) is 26.6. The Morgan fingerprint density at radius 3 is 2.61 bits per heavy atom. The summed E-state index contributed by atoms with van der Waals surface area (Å²) in [6.07, 6.45) is 0.669. The molecule has 3 aromatic carbocycles. The maximum Gasteiger partial charge on any atom is 0.262 e. The van der Waals surface area contributed by atoms with Crippen LogP contribution in [0.1, 0.15) is 42.5 Å². The van der Waals surface area contributed by atoms with Crippen LogP contribution in [0.4, 0.5) is 5.69 Å². The van der Waals surface area contributed by atoms with E-state index in [1.165, 1.54) is 11.8 Å². The lowest BCUT2D eigenvalue weighted by Crippen LogP contribution is -2.25. The minimum absolute atomic E-state index is 0.0143. The molecule has 2 amide bonds. The van der Waals surface area contributed by atoms with Gasteiger partial charge in [0.15, 0.2) is 5.17 Å². The van der Waals surface area contributed by atoms with Crippen molar-refractivity contribution in [3.63, 3.8) is 0 Å². The van der Waals surface area contributed by atoms with E-state index in [0.29, 0.717) is 28.9 Å². The molecule has 38 heavy (non-hydrogen) atoms. The van der Waals surface area contributed by atoms with Gasteiger partial charge in [-0.2, -0.15) is 10.1 Å². The van der Waals surface area contributed by atoms with Gasteiger partial charge < -0.3 is 10.1 Å². The van der Waals surface area contributed by atoms with Crippen LogP contribution < -0.4 is 10.1 Å². The molecule has 2 heterocycles. The highest BCUT2D eigenvalue weighted by Gasteiger charge is 2.39. The Balaban J connectivity index is 1.31. The molecule has 0 fully saturated rings. The highest BCUT2D eigenvalue weighted by Crippen LogP contribution is 2.39. The van der Waals surface area contributed by atoms with E-state index in [2.05, 4.69) is 22.4 Å². The van der Waals surface area contributed by atoms with Crippen molar-refractivity contribution in [1.29, 1.82) is 0 Å². The molecule has 0 spiro atoms. The topological polar surface area (TPSA) is 83.4 Å². The normalized spacial score (nSPS) is 18.8. The summed E-state index contributed by atoms with van der Waals surface area (Å²) in [5, 5.41) is 10.1. The number of carbonyl (C=O) groups is 2. The first-order valence-corrected chi connectivity index (χ1v) is 13.7. The van der Waals surface area contributed by atoms with Crippen molar-refractivity contribution in [1.82, 2.24) is 5.01 Å². The first-order chi connectivity index (χ1) is 18.4. The van der Waals surface area contributed by atoms with Gasteiger partial charge in [0, 0.05) is 23.6 Å². The Bertz CT molecular complexity index is 1410. The van der Waals surface area contributed by atoms with Gasteiger partial charge in [-0.15, -0.1) is 0 Å². The standard InChI is InChI=1S/C29H27ClN4O3S/c1-3-37-23-13-11-22(12-14-23)31-27(35)17-26-28(36)32-29(38-26)34-25(20-6-4-5-18(2)15-20)16-24(33-34)19-7-9-21(30)10-8-19/h4-15,25-26H,3,16-17H2,1-2H3,(H,31,35)/t25-,26+/m0/s1. The molecule has 0 saturated carbocycles. The Hall–Kier alpha value is -3.62. The predicted octanol–water partition coefficient (Wildman–Crippen LogP) is 6.23. The number of amidine groups is 1. The van der Waals surface area contributed by atoms with Gasteiger partial charge in [-0.05, 0) is 61.4 Å². The van der Waals surface area contributed by atoms with Gasteiger partial charge >= 0.3 is 0 Å². The average molecular weight is 547 g/mol. The van der Waals surface area contributed by atoms with E-state index >= 15 is 0 Å². The summed E-state index contributed by atoms with van der Waals surface area (Å²) in [6.45, 7) is 4.54. The number of ether oxygens (including phenoxy) is 1. The summed E-state index contributed by atoms with van der Waals surface area (Å²) in [5.74, 6) is 0.154. The van der Waals surface area contributed by atoms with Gasteiger partial charge in [0.25, 0.3) is 5.91 Å². The first kappa shape index (κ1) is 26.0. The molecule has 7 nitrogen and oxygen atoms in total. The highest BCUT2D eigenvalue weighted by molar-refractivity contribution is 8.15. The molecule has 0 unspecified atom stereocenters. The molecular weight excluding hydrogens is 520 g/mol. The van der Waals surface area contributed by atoms with Crippen LogP contribution >= 0.6 is 23.4 Å². The van der Waals surface area contributed by atoms with Gasteiger partial charge in [-0.25, -0.2) is 5.01 Å². The zero-order valence-electron chi connectivity index (χ0n) is 21.1. The van der Waals surface area contributed by atoms with E-state index in [4.69, 9.17) is 21.4 Å². The number of nitrogens with one attached hydrogen (secondary N) is 1. The molecule has 3 aromatic rings. The molecule has 0 aromatic heterocycles. The number of hydrogen-bond acceptors (Lipinski definition) is 6. The van der Waals surface area contributed by atoms with Gasteiger partial charge in [0.1, 0.15) is 11.0 Å². The molecule has 0 bridgehead atoms. The zero-order valence-corrected chi connectivity index (χ0v) is 22.6. The van der Waals surface area contributed by atoms with Crippen molar-refractivity contribution in [2.24, 2.45) is 10.1 Å². The number of anilines is 1. The van der Waals surface area contributed by atoms with Gasteiger partial charge in [-0.1, -0.05) is 65.3 Å². The summed E-state index contributed by atoms with van der Waals surface area (Å²) >= 11 is 7.37. The van der Waals surface area contributed by atoms with Gasteiger partial charge in [0.05, 0.1) is 18.4 Å². The van der Waals surface area contributed by atoms with E-state index in [1.807, 2.05) is 55.3 Å². The van der Waals surface area contributed by atoms with E-state index in [0.717, 1.165) is 28.2 Å². The number of thioether (sulfide) groups is 1. The highest BCUT2D eigenvalue weighted by atomic mass is 35.5. The van der Waals surface area contributed by atoms with Crippen LogP contribution in [0.15, 0.2) is 82.9 Å². The number of amides is 2. The minimum atomic E-state index is -0.611. The molecular formula is C29H27ClN4O3S. The quantitative estimate of drug-likeness (QED) is 0.380. The summed E-state index contributed by atoms with van der Waals surface area (Å²) in [4.78, 5) is 29.9. The lowest BCUT2D eigenvalue weighted by atomic mass is 9.97. The lowest BCUT2D eigenvalue weighted by Gasteiger charge is -2.23. The number of aryl methyl sites for hydroxylation is 1. The molecule has 2 aliphatic heterocycles. The van der Waals surface area contributed by atoms with Crippen molar-refractivity contribution in [2.75, 3.05) is 11.9 Å². The largest absolute Gasteiger partial charge is 0.494 e. The maximum atomic E-state index is 12.8. The number of rotatable bonds is 7. The molecule has 1 N–H and O–H groups in total. The first-order valence-electron chi connectivity index (χ1n) is 12.4. The van der Waals surface area contributed by atoms with E-state index < -0.39 is 5.25 Å². The molecule has 194 valence electrons. The van der Waals surface area contributed by atoms with Crippen LogP contribution in [0.2, 0.25) is 5.02 Å². The molecule has 2 aliphatic rings. The Morgan fingerprint density at radius 1 is 1.13 bits per heavy atom. The van der Waals surface area contributed by atoms with Crippen molar-refractivity contribution >= 4 is 51.7 Å². The smallest absolute Gasteiger partial charge is 0.262 e. The fourth-order valence-corrected chi connectivity index (χ4v) is 5.61. The Morgan fingerprint density at radius 2 is 1.89 bits per heavy atom. The van der Waals surface area contributed by atoms with Crippen LogP contribution in [0.3, 0.4) is 0 Å². The second-order valence-electron chi connectivity index (χ2n) is 9.08. The minimum Gasteiger partial charge on any atom is -0.494 e. The van der Waals surface area contributed by atoms with Crippen molar-refractivity contribution in [2.45, 2.75) is 38.0 Å². The van der Waals surface area contributed by atoms with E-state index in [1.54, 1.807) is 24.3 Å². The molecule has 2 atom stereocenters. The number of halogens is 1. The molecule has 5 rings (SSSR count). The summed E-state index contributed by atoms with van der Waals surface area (Å²) < 4.78 is 5.44. The van der Waals surface area contributed by atoms with Crippen molar-refractivity contribution in [3.8, 4) is 5.75 Å². The second kappa shape index (κ2) is 11.4. The monoisotopic (exact) mass is 546 g/mol. The van der Waals surface area contributed by atoms with Crippen LogP contribution in [0.5, 0.6) is 5.75 Å². The summed E-state index contributed by atoms with van der Waals surface area (Å²) in [7, 11) is 0. The third-order valence-electron chi connectivity index (χ3n) is 6.26. The van der Waals surface area contributed by atoms with E-state index in [-0.39, 0.29) is 24.3 Å². The fourth-order valence-electron chi connectivity index (χ4n) is 4.43. The van der Waals surface area contributed by atoms with Crippen LogP contribution in [0.25, 0.3) is 0 Å². The average Bonchev–Trinajstić information content (AvgIpc) is 3.50. The summed E-state index contributed by atoms with van der Waals surface area (Å²) in [6, 6.07) is 22.9. The number of carbonyl (C=O) groups excluding carboxylic acids is 2. The van der Waals surface area contributed by atoms with E-state index in [9.17, 15) is 9.59 Å². The molecule has 0 aliphatic carbocycles.